The molecule has 1 heterocycles. The zero-order valence-electron chi connectivity index (χ0n) is 8.88. The van der Waals surface area contributed by atoms with Gasteiger partial charge in [-0.2, -0.15) is 5.26 Å². The van der Waals surface area contributed by atoms with Crippen molar-refractivity contribution in [1.82, 2.24) is 9.97 Å². The van der Waals surface area contributed by atoms with Crippen LogP contribution in [0.5, 0.6) is 0 Å². The van der Waals surface area contributed by atoms with Gasteiger partial charge >= 0.3 is 0 Å². The average Bonchev–Trinajstić information content (AvgIpc) is 2.66. The predicted molar refractivity (Wildman–Crippen MR) is 55.8 cm³/mol. The van der Waals surface area contributed by atoms with Crippen molar-refractivity contribution in [3.63, 3.8) is 0 Å². The average molecular weight is 191 g/mol. The third-order valence-corrected chi connectivity index (χ3v) is 2.31. The van der Waals surface area contributed by atoms with Crippen LogP contribution in [0.1, 0.15) is 50.5 Å². The molecule has 1 N–H and O–H groups in total. The molecule has 0 spiro atoms. The van der Waals surface area contributed by atoms with E-state index in [2.05, 4.69) is 23.0 Å². The van der Waals surface area contributed by atoms with Gasteiger partial charge < -0.3 is 4.98 Å². The van der Waals surface area contributed by atoms with Crippen LogP contribution in [0.4, 0.5) is 0 Å². The van der Waals surface area contributed by atoms with Gasteiger partial charge in [0.2, 0.25) is 0 Å². The van der Waals surface area contributed by atoms with Crippen molar-refractivity contribution in [3.05, 3.63) is 17.7 Å². The highest BCUT2D eigenvalue weighted by Crippen LogP contribution is 2.12. The number of nitrogens with zero attached hydrogens (tertiary/aromatic N) is 2. The first-order valence-electron chi connectivity index (χ1n) is 5.21. The summed E-state index contributed by atoms with van der Waals surface area (Å²) in [6.07, 6.45) is 6.47. The molecule has 1 atom stereocenters. The number of nitrogens with one attached hydrogen (secondary N) is 1. The first-order chi connectivity index (χ1) is 6.77. The molecule has 14 heavy (non-hydrogen) atoms. The van der Waals surface area contributed by atoms with Crippen LogP contribution in [0.2, 0.25) is 0 Å². The Morgan fingerprint density at radius 2 is 2.36 bits per heavy atom. The minimum Gasteiger partial charge on any atom is -0.348 e. The molecule has 0 aromatic carbocycles. The van der Waals surface area contributed by atoms with E-state index in [4.69, 9.17) is 5.26 Å². The van der Waals surface area contributed by atoms with Crippen molar-refractivity contribution < 1.29 is 0 Å². The Morgan fingerprint density at radius 1 is 1.57 bits per heavy atom. The number of unbranched alkanes of at least 4 members (excludes halogenated alkanes) is 2. The Hall–Kier alpha value is -1.30. The maximum Gasteiger partial charge on any atom is 0.106 e. The number of aryl methyl sites for hydroxylation is 1. The number of hydrogen-bond acceptors (Lipinski definition) is 2. The summed E-state index contributed by atoms with van der Waals surface area (Å²) in [5, 5.41) is 8.71. The summed E-state index contributed by atoms with van der Waals surface area (Å²) >= 11 is 0. The highest BCUT2D eigenvalue weighted by molar-refractivity contribution is 5.13. The van der Waals surface area contributed by atoms with Gasteiger partial charge in [-0.05, 0) is 13.3 Å². The second kappa shape index (κ2) is 5.43. The van der Waals surface area contributed by atoms with E-state index in [-0.39, 0.29) is 5.92 Å². The van der Waals surface area contributed by atoms with Crippen molar-refractivity contribution in [2.45, 2.75) is 45.4 Å². The molecule has 1 rings (SSSR count). The molecule has 0 saturated heterocycles. The molecule has 1 aromatic heterocycles. The standard InChI is InChI=1S/C11H17N3/c1-3-4-5-6-11-13-8-10(14-11)9(2)7-12/h8-9H,3-6H2,1-2H3,(H,13,14). The monoisotopic (exact) mass is 191 g/mol. The summed E-state index contributed by atoms with van der Waals surface area (Å²) in [6, 6.07) is 2.18. The number of aromatic nitrogens is 2. The van der Waals surface area contributed by atoms with E-state index in [1.165, 1.54) is 19.3 Å². The Balaban J connectivity index is 2.47. The SMILES string of the molecule is CCCCCc1nc(C(C)C#N)c[nH]1. The fourth-order valence-corrected chi connectivity index (χ4v) is 1.34. The molecule has 0 aliphatic rings. The van der Waals surface area contributed by atoms with Gasteiger partial charge in [-0.25, -0.2) is 4.98 Å². The summed E-state index contributed by atoms with van der Waals surface area (Å²) in [7, 11) is 0. The zero-order chi connectivity index (χ0) is 10.4. The van der Waals surface area contributed by atoms with Crippen LogP contribution < -0.4 is 0 Å². The van der Waals surface area contributed by atoms with E-state index in [9.17, 15) is 0 Å². The summed E-state index contributed by atoms with van der Waals surface area (Å²) in [5.74, 6) is 0.904. The van der Waals surface area contributed by atoms with Gasteiger partial charge in [0, 0.05) is 12.6 Å². The first-order valence-corrected chi connectivity index (χ1v) is 5.21. The van der Waals surface area contributed by atoms with Crippen molar-refractivity contribution in [1.29, 1.82) is 5.26 Å². The largest absolute Gasteiger partial charge is 0.348 e. The van der Waals surface area contributed by atoms with Gasteiger partial charge in [-0.3, -0.25) is 0 Å². The highest BCUT2D eigenvalue weighted by atomic mass is 14.9. The van der Waals surface area contributed by atoms with Crippen LogP contribution in [-0.4, -0.2) is 9.97 Å². The van der Waals surface area contributed by atoms with Crippen LogP contribution in [-0.2, 0) is 6.42 Å². The Morgan fingerprint density at radius 3 is 3.00 bits per heavy atom. The number of rotatable bonds is 5. The lowest BCUT2D eigenvalue weighted by Crippen LogP contribution is -1.91. The van der Waals surface area contributed by atoms with Crippen LogP contribution in [0.25, 0.3) is 0 Å². The number of imidazole rings is 1. The minimum atomic E-state index is -0.105. The van der Waals surface area contributed by atoms with Crippen LogP contribution in [0.3, 0.4) is 0 Å². The number of nitriles is 1. The molecule has 0 fully saturated rings. The van der Waals surface area contributed by atoms with Crippen molar-refractivity contribution >= 4 is 0 Å². The Labute approximate surface area is 85.2 Å². The molecule has 0 saturated carbocycles. The van der Waals surface area contributed by atoms with Gasteiger partial charge in [-0.1, -0.05) is 19.8 Å². The lowest BCUT2D eigenvalue weighted by Gasteiger charge is -1.95. The lowest BCUT2D eigenvalue weighted by molar-refractivity contribution is 0.697. The van der Waals surface area contributed by atoms with E-state index in [1.54, 1.807) is 0 Å². The lowest BCUT2D eigenvalue weighted by atomic mass is 10.1. The molecular weight excluding hydrogens is 174 g/mol. The molecule has 0 aliphatic carbocycles. The third-order valence-electron chi connectivity index (χ3n) is 2.31. The van der Waals surface area contributed by atoms with E-state index in [1.807, 2.05) is 13.1 Å². The van der Waals surface area contributed by atoms with Crippen LogP contribution in [0.15, 0.2) is 6.20 Å². The highest BCUT2D eigenvalue weighted by Gasteiger charge is 2.07. The van der Waals surface area contributed by atoms with Crippen LogP contribution >= 0.6 is 0 Å². The molecule has 3 nitrogen and oxygen atoms in total. The maximum atomic E-state index is 8.71. The van der Waals surface area contributed by atoms with Crippen molar-refractivity contribution in [3.8, 4) is 6.07 Å². The Bertz CT molecular complexity index is 309. The van der Waals surface area contributed by atoms with Gasteiger partial charge in [0.15, 0.2) is 0 Å². The summed E-state index contributed by atoms with van der Waals surface area (Å²) < 4.78 is 0. The third kappa shape index (κ3) is 2.88. The fourth-order valence-electron chi connectivity index (χ4n) is 1.34. The zero-order valence-corrected chi connectivity index (χ0v) is 8.88. The molecule has 0 bridgehead atoms. The number of H-pyrrole nitrogens is 1. The van der Waals surface area contributed by atoms with E-state index < -0.39 is 0 Å². The van der Waals surface area contributed by atoms with Gasteiger partial charge in [0.1, 0.15) is 5.82 Å². The molecular formula is C11H17N3. The van der Waals surface area contributed by atoms with Gasteiger partial charge in [0.25, 0.3) is 0 Å². The van der Waals surface area contributed by atoms with E-state index in [0.29, 0.717) is 0 Å². The molecule has 76 valence electrons. The molecule has 0 radical (unpaired) electrons. The molecule has 1 aromatic rings. The smallest absolute Gasteiger partial charge is 0.106 e. The number of hydrogen-bond donors (Lipinski definition) is 1. The van der Waals surface area contributed by atoms with Crippen molar-refractivity contribution in [2.24, 2.45) is 0 Å². The summed E-state index contributed by atoms with van der Waals surface area (Å²) in [6.45, 7) is 4.05. The predicted octanol–water partition coefficient (Wildman–Crippen LogP) is 2.77. The molecule has 0 amide bonds. The summed E-state index contributed by atoms with van der Waals surface area (Å²) in [4.78, 5) is 7.49. The van der Waals surface area contributed by atoms with E-state index >= 15 is 0 Å². The molecule has 0 aliphatic heterocycles. The van der Waals surface area contributed by atoms with Gasteiger partial charge in [-0.15, -0.1) is 0 Å². The molecule has 3 heteroatoms. The maximum absolute atomic E-state index is 8.71. The second-order valence-electron chi connectivity index (χ2n) is 3.58. The summed E-state index contributed by atoms with van der Waals surface area (Å²) in [5.41, 5.74) is 0.860. The van der Waals surface area contributed by atoms with Gasteiger partial charge in [0.05, 0.1) is 17.7 Å². The Kier molecular flexibility index (Phi) is 4.18. The fraction of sp³-hybridized carbons (Fsp3) is 0.636. The minimum absolute atomic E-state index is 0.105. The van der Waals surface area contributed by atoms with Crippen molar-refractivity contribution in [2.75, 3.05) is 0 Å². The molecule has 1 unspecified atom stereocenters. The quantitative estimate of drug-likeness (QED) is 0.727. The van der Waals surface area contributed by atoms with E-state index in [0.717, 1.165) is 17.9 Å². The second-order valence-corrected chi connectivity index (χ2v) is 3.58. The number of aromatic amines is 1. The van der Waals surface area contributed by atoms with Crippen LogP contribution in [0, 0.1) is 11.3 Å². The topological polar surface area (TPSA) is 52.5 Å². The normalized spacial score (nSPS) is 12.4. The first kappa shape index (κ1) is 10.8.